The van der Waals surface area contributed by atoms with E-state index in [2.05, 4.69) is 10.3 Å². The first kappa shape index (κ1) is 18.1. The minimum Gasteiger partial charge on any atom is -0.496 e. The van der Waals surface area contributed by atoms with Crippen molar-refractivity contribution < 1.29 is 19.2 Å². The third kappa shape index (κ3) is 3.95. The smallest absolute Gasteiger partial charge is 0.273 e. The van der Waals surface area contributed by atoms with Gasteiger partial charge in [-0.15, -0.1) is 0 Å². The molecule has 8 nitrogen and oxygen atoms in total. The molecule has 1 aromatic heterocycles. The number of ether oxygens (including phenoxy) is 2. The van der Waals surface area contributed by atoms with Gasteiger partial charge in [-0.25, -0.2) is 4.98 Å². The number of non-ortho nitro benzene ring substituents is 1. The van der Waals surface area contributed by atoms with E-state index in [-0.39, 0.29) is 23.5 Å². The molecule has 8 heteroatoms. The van der Waals surface area contributed by atoms with Crippen molar-refractivity contribution in [1.82, 2.24) is 10.3 Å². The Morgan fingerprint density at radius 3 is 2.63 bits per heavy atom. The van der Waals surface area contributed by atoms with Crippen molar-refractivity contribution in [2.75, 3.05) is 14.2 Å². The number of pyridine rings is 1. The molecular formula is C19H17N3O5. The van der Waals surface area contributed by atoms with Gasteiger partial charge in [0.15, 0.2) is 0 Å². The van der Waals surface area contributed by atoms with Gasteiger partial charge in [-0.2, -0.15) is 0 Å². The third-order valence-electron chi connectivity index (χ3n) is 4.03. The van der Waals surface area contributed by atoms with Crippen molar-refractivity contribution in [3.05, 3.63) is 69.8 Å². The maximum Gasteiger partial charge on any atom is 0.273 e. The van der Waals surface area contributed by atoms with Gasteiger partial charge in [-0.3, -0.25) is 14.9 Å². The molecule has 0 saturated heterocycles. The van der Waals surface area contributed by atoms with E-state index in [9.17, 15) is 14.9 Å². The summed E-state index contributed by atoms with van der Waals surface area (Å²) < 4.78 is 10.2. The lowest BCUT2D eigenvalue weighted by Gasteiger charge is -2.11. The maximum absolute atomic E-state index is 12.5. The Kier molecular flexibility index (Phi) is 5.16. The number of hydrogen-bond acceptors (Lipinski definition) is 6. The first-order valence-electron chi connectivity index (χ1n) is 8.06. The van der Waals surface area contributed by atoms with Crippen LogP contribution in [-0.4, -0.2) is 30.0 Å². The number of methoxy groups -OCH3 is 2. The average molecular weight is 367 g/mol. The van der Waals surface area contributed by atoms with Gasteiger partial charge in [-0.1, -0.05) is 18.2 Å². The Labute approximate surface area is 154 Å². The summed E-state index contributed by atoms with van der Waals surface area (Å²) in [5.74, 6) is 0.234. The van der Waals surface area contributed by atoms with Crippen LogP contribution in [0.5, 0.6) is 11.6 Å². The molecule has 0 spiro atoms. The first-order valence-corrected chi connectivity index (χ1v) is 8.06. The van der Waals surface area contributed by atoms with E-state index in [1.165, 1.54) is 32.4 Å². The summed E-state index contributed by atoms with van der Waals surface area (Å²) in [6.07, 6.45) is 0. The van der Waals surface area contributed by atoms with Crippen molar-refractivity contribution in [3.8, 4) is 11.6 Å². The number of hydrogen-bond donors (Lipinski definition) is 1. The van der Waals surface area contributed by atoms with Crippen molar-refractivity contribution in [1.29, 1.82) is 0 Å². The fourth-order valence-electron chi connectivity index (χ4n) is 2.69. The SMILES string of the molecule is COc1cc(C(=O)NCc2cc(OC)nc3ccccc23)cc([N+](=O)[O-])c1. The van der Waals surface area contributed by atoms with E-state index in [0.29, 0.717) is 5.88 Å². The minimum atomic E-state index is -0.569. The molecular weight excluding hydrogens is 350 g/mol. The zero-order chi connectivity index (χ0) is 19.4. The number of aromatic nitrogens is 1. The number of carbonyl (C=O) groups excluding carboxylic acids is 1. The van der Waals surface area contributed by atoms with E-state index >= 15 is 0 Å². The van der Waals surface area contributed by atoms with Crippen LogP contribution in [-0.2, 0) is 6.54 Å². The van der Waals surface area contributed by atoms with E-state index in [0.717, 1.165) is 16.5 Å². The standard InChI is InChI=1S/C19H17N3O5/c1-26-15-8-12(7-14(10-15)22(24)25)19(23)20-11-13-9-18(27-2)21-17-6-4-3-5-16(13)17/h3-10H,11H2,1-2H3,(H,20,23). The molecule has 1 N–H and O–H groups in total. The lowest BCUT2D eigenvalue weighted by Crippen LogP contribution is -2.23. The Bertz CT molecular complexity index is 1020. The Hall–Kier alpha value is -3.68. The van der Waals surface area contributed by atoms with Gasteiger partial charge < -0.3 is 14.8 Å². The fourth-order valence-corrected chi connectivity index (χ4v) is 2.69. The number of nitrogens with zero attached hydrogens (tertiary/aromatic N) is 2. The number of para-hydroxylation sites is 1. The van der Waals surface area contributed by atoms with E-state index < -0.39 is 10.8 Å². The van der Waals surface area contributed by atoms with Crippen LogP contribution in [0.15, 0.2) is 48.5 Å². The molecule has 2 aromatic carbocycles. The number of benzene rings is 2. The van der Waals surface area contributed by atoms with Gasteiger partial charge in [0, 0.05) is 29.6 Å². The van der Waals surface area contributed by atoms with Crippen molar-refractivity contribution in [3.63, 3.8) is 0 Å². The van der Waals surface area contributed by atoms with Gasteiger partial charge in [0.1, 0.15) is 5.75 Å². The van der Waals surface area contributed by atoms with E-state index in [1.807, 2.05) is 24.3 Å². The molecule has 0 bridgehead atoms. The van der Waals surface area contributed by atoms with Crippen LogP contribution in [0.4, 0.5) is 5.69 Å². The number of rotatable bonds is 6. The predicted molar refractivity (Wildman–Crippen MR) is 99.1 cm³/mol. The van der Waals surface area contributed by atoms with Crippen LogP contribution >= 0.6 is 0 Å². The molecule has 138 valence electrons. The summed E-state index contributed by atoms with van der Waals surface area (Å²) in [5.41, 5.74) is 1.50. The molecule has 0 atom stereocenters. The van der Waals surface area contributed by atoms with Crippen LogP contribution in [0.2, 0.25) is 0 Å². The number of amides is 1. The maximum atomic E-state index is 12.5. The molecule has 1 amide bonds. The number of nitrogens with one attached hydrogen (secondary N) is 1. The fraction of sp³-hybridized carbons (Fsp3) is 0.158. The summed E-state index contributed by atoms with van der Waals surface area (Å²) in [7, 11) is 2.91. The van der Waals surface area contributed by atoms with Gasteiger partial charge in [0.25, 0.3) is 11.6 Å². The zero-order valence-corrected chi connectivity index (χ0v) is 14.8. The molecule has 0 radical (unpaired) electrons. The topological polar surface area (TPSA) is 104 Å². The molecule has 27 heavy (non-hydrogen) atoms. The Balaban J connectivity index is 1.87. The molecule has 0 aliphatic heterocycles. The second-order valence-electron chi connectivity index (χ2n) is 5.70. The molecule has 1 heterocycles. The molecule has 0 aliphatic carbocycles. The lowest BCUT2D eigenvalue weighted by atomic mass is 10.1. The number of nitro benzene ring substituents is 1. The molecule has 3 aromatic rings. The van der Waals surface area contributed by atoms with Gasteiger partial charge in [0.2, 0.25) is 5.88 Å². The second-order valence-corrected chi connectivity index (χ2v) is 5.70. The number of nitro groups is 1. The van der Waals surface area contributed by atoms with Crippen LogP contribution in [0.25, 0.3) is 10.9 Å². The van der Waals surface area contributed by atoms with Crippen molar-refractivity contribution in [2.24, 2.45) is 0 Å². The summed E-state index contributed by atoms with van der Waals surface area (Å²) in [5, 5.41) is 14.7. The zero-order valence-electron chi connectivity index (χ0n) is 14.8. The van der Waals surface area contributed by atoms with Crippen LogP contribution in [0.1, 0.15) is 15.9 Å². The highest BCUT2D eigenvalue weighted by molar-refractivity contribution is 5.95. The Morgan fingerprint density at radius 2 is 1.93 bits per heavy atom. The van der Waals surface area contributed by atoms with E-state index in [1.54, 1.807) is 6.07 Å². The van der Waals surface area contributed by atoms with Gasteiger partial charge >= 0.3 is 0 Å². The first-order chi connectivity index (χ1) is 13.0. The molecule has 0 fully saturated rings. The lowest BCUT2D eigenvalue weighted by molar-refractivity contribution is -0.385. The second kappa shape index (κ2) is 7.69. The van der Waals surface area contributed by atoms with Crippen molar-refractivity contribution in [2.45, 2.75) is 6.54 Å². The van der Waals surface area contributed by atoms with Crippen LogP contribution in [0.3, 0.4) is 0 Å². The molecule has 0 saturated carbocycles. The highest BCUT2D eigenvalue weighted by Crippen LogP contribution is 2.24. The minimum absolute atomic E-state index is 0.145. The quantitative estimate of drug-likeness (QED) is 0.530. The highest BCUT2D eigenvalue weighted by Gasteiger charge is 2.15. The normalized spacial score (nSPS) is 10.4. The summed E-state index contributed by atoms with van der Waals surface area (Å²) in [6, 6.07) is 13.2. The van der Waals surface area contributed by atoms with E-state index in [4.69, 9.17) is 9.47 Å². The third-order valence-corrected chi connectivity index (χ3v) is 4.03. The Morgan fingerprint density at radius 1 is 1.15 bits per heavy atom. The monoisotopic (exact) mass is 367 g/mol. The van der Waals surface area contributed by atoms with Crippen LogP contribution < -0.4 is 14.8 Å². The summed E-state index contributed by atoms with van der Waals surface area (Å²) >= 11 is 0. The van der Waals surface area contributed by atoms with Gasteiger partial charge in [0.05, 0.1) is 30.7 Å². The summed E-state index contributed by atoms with van der Waals surface area (Å²) in [6.45, 7) is 0.212. The molecule has 3 rings (SSSR count). The highest BCUT2D eigenvalue weighted by atomic mass is 16.6. The summed E-state index contributed by atoms with van der Waals surface area (Å²) in [4.78, 5) is 27.4. The average Bonchev–Trinajstić information content (AvgIpc) is 2.70. The van der Waals surface area contributed by atoms with Gasteiger partial charge in [-0.05, 0) is 17.7 Å². The number of carbonyl (C=O) groups is 1. The molecule has 0 aliphatic rings. The largest absolute Gasteiger partial charge is 0.496 e. The van der Waals surface area contributed by atoms with Crippen molar-refractivity contribution >= 4 is 22.5 Å². The predicted octanol–water partition coefficient (Wildman–Crippen LogP) is 3.09. The number of fused-ring (bicyclic) bond motifs is 1. The molecule has 0 unspecified atom stereocenters. The van der Waals surface area contributed by atoms with Crippen LogP contribution in [0, 0.1) is 10.1 Å².